The highest BCUT2D eigenvalue weighted by molar-refractivity contribution is 6.34. The zero-order valence-corrected chi connectivity index (χ0v) is 13.4. The predicted octanol–water partition coefficient (Wildman–Crippen LogP) is 3.76. The van der Waals surface area contributed by atoms with E-state index in [0.717, 1.165) is 0 Å². The molecule has 0 saturated heterocycles. The number of carbonyl (C=O) groups is 1. The number of carbonyl (C=O) groups excluding carboxylic acids is 1. The van der Waals surface area contributed by atoms with Crippen molar-refractivity contribution in [3.05, 3.63) is 47.0 Å². The van der Waals surface area contributed by atoms with Crippen molar-refractivity contribution in [2.75, 3.05) is 25.1 Å². The fraction of sp³-hybridized carbons (Fsp3) is 0.235. The molecule has 0 aliphatic carbocycles. The normalized spacial score (nSPS) is 12.6. The molecule has 0 fully saturated rings. The van der Waals surface area contributed by atoms with Crippen LogP contribution in [0.15, 0.2) is 36.4 Å². The average molecular weight is 334 g/mol. The molecule has 0 aromatic heterocycles. The fourth-order valence-electron chi connectivity index (χ4n) is 2.29. The molecule has 0 bridgehead atoms. The molecule has 0 atom stereocenters. The van der Waals surface area contributed by atoms with E-state index in [-0.39, 0.29) is 5.91 Å². The molecule has 1 aliphatic rings. The van der Waals surface area contributed by atoms with Crippen LogP contribution in [0, 0.1) is 0 Å². The number of hydrogen-bond donors (Lipinski definition) is 1. The highest BCUT2D eigenvalue weighted by Gasteiger charge is 2.18. The van der Waals surface area contributed by atoms with Gasteiger partial charge >= 0.3 is 0 Å². The number of ether oxygens (including phenoxy) is 3. The van der Waals surface area contributed by atoms with Crippen LogP contribution in [-0.4, -0.2) is 25.7 Å². The lowest BCUT2D eigenvalue weighted by Gasteiger charge is -2.20. The van der Waals surface area contributed by atoms with E-state index in [0.29, 0.717) is 53.3 Å². The molecule has 3 rings (SSSR count). The van der Waals surface area contributed by atoms with Crippen molar-refractivity contribution < 1.29 is 19.0 Å². The van der Waals surface area contributed by atoms with Gasteiger partial charge in [0.1, 0.15) is 19.0 Å². The van der Waals surface area contributed by atoms with E-state index in [1.165, 1.54) is 0 Å². The van der Waals surface area contributed by atoms with Crippen LogP contribution < -0.4 is 19.5 Å². The number of para-hydroxylation sites is 1. The van der Waals surface area contributed by atoms with E-state index in [1.54, 1.807) is 30.3 Å². The second-order valence-electron chi connectivity index (χ2n) is 4.86. The Morgan fingerprint density at radius 2 is 1.91 bits per heavy atom. The van der Waals surface area contributed by atoms with Crippen LogP contribution in [0.25, 0.3) is 0 Å². The summed E-state index contributed by atoms with van der Waals surface area (Å²) in [4.78, 5) is 12.5. The van der Waals surface area contributed by atoms with Gasteiger partial charge in [-0.25, -0.2) is 0 Å². The molecule has 0 unspecified atom stereocenters. The van der Waals surface area contributed by atoms with Gasteiger partial charge in [-0.15, -0.1) is 0 Å². The van der Waals surface area contributed by atoms with E-state index >= 15 is 0 Å². The van der Waals surface area contributed by atoms with Crippen molar-refractivity contribution in [2.24, 2.45) is 0 Å². The van der Waals surface area contributed by atoms with E-state index in [2.05, 4.69) is 5.32 Å². The SMILES string of the molecule is CCOc1ccccc1C(=O)Nc1cc2c(cc1Cl)OCCO2. The number of nitrogens with one attached hydrogen (secondary N) is 1. The lowest BCUT2D eigenvalue weighted by atomic mass is 10.1. The molecule has 120 valence electrons. The molecule has 23 heavy (non-hydrogen) atoms. The molecule has 6 heteroatoms. The summed E-state index contributed by atoms with van der Waals surface area (Å²) < 4.78 is 16.4. The number of halogens is 1. The molecule has 1 aliphatic heterocycles. The lowest BCUT2D eigenvalue weighted by molar-refractivity contribution is 0.102. The van der Waals surface area contributed by atoms with Gasteiger partial charge in [0.05, 0.1) is 22.9 Å². The number of benzene rings is 2. The van der Waals surface area contributed by atoms with Gasteiger partial charge in [0.2, 0.25) is 0 Å². The summed E-state index contributed by atoms with van der Waals surface area (Å²) in [7, 11) is 0. The third-order valence-corrected chi connectivity index (χ3v) is 3.62. The third-order valence-electron chi connectivity index (χ3n) is 3.31. The van der Waals surface area contributed by atoms with E-state index in [4.69, 9.17) is 25.8 Å². The number of anilines is 1. The van der Waals surface area contributed by atoms with Crippen LogP contribution in [-0.2, 0) is 0 Å². The standard InChI is InChI=1S/C17H16ClNO4/c1-2-21-14-6-4-3-5-11(14)17(20)19-13-10-16-15(9-12(13)18)22-7-8-23-16/h3-6,9-10H,2,7-8H2,1H3,(H,19,20). The van der Waals surface area contributed by atoms with Gasteiger partial charge in [0.15, 0.2) is 11.5 Å². The van der Waals surface area contributed by atoms with Crippen molar-refractivity contribution in [3.8, 4) is 17.2 Å². The molecule has 5 nitrogen and oxygen atoms in total. The van der Waals surface area contributed by atoms with Gasteiger partial charge in [-0.3, -0.25) is 4.79 Å². The van der Waals surface area contributed by atoms with Gasteiger partial charge in [-0.05, 0) is 19.1 Å². The van der Waals surface area contributed by atoms with Gasteiger partial charge < -0.3 is 19.5 Å². The molecule has 0 saturated carbocycles. The Labute approximate surface area is 139 Å². The molecular weight excluding hydrogens is 318 g/mol. The van der Waals surface area contributed by atoms with Crippen LogP contribution in [0.4, 0.5) is 5.69 Å². The fourth-order valence-corrected chi connectivity index (χ4v) is 2.49. The maximum atomic E-state index is 12.5. The van der Waals surface area contributed by atoms with Gasteiger partial charge in [-0.1, -0.05) is 23.7 Å². The van der Waals surface area contributed by atoms with E-state index in [9.17, 15) is 4.79 Å². The first-order chi connectivity index (χ1) is 11.2. The van der Waals surface area contributed by atoms with Crippen LogP contribution >= 0.6 is 11.6 Å². The molecule has 2 aromatic rings. The molecule has 0 spiro atoms. The number of rotatable bonds is 4. The summed E-state index contributed by atoms with van der Waals surface area (Å²) >= 11 is 6.21. The first-order valence-corrected chi connectivity index (χ1v) is 7.69. The minimum absolute atomic E-state index is 0.298. The van der Waals surface area contributed by atoms with Crippen LogP contribution in [0.1, 0.15) is 17.3 Å². The Morgan fingerprint density at radius 3 is 2.65 bits per heavy atom. The predicted molar refractivity (Wildman–Crippen MR) is 88.0 cm³/mol. The second kappa shape index (κ2) is 6.79. The molecule has 1 N–H and O–H groups in total. The lowest BCUT2D eigenvalue weighted by Crippen LogP contribution is -2.17. The largest absolute Gasteiger partial charge is 0.493 e. The Bertz CT molecular complexity index is 733. The molecule has 1 heterocycles. The minimum atomic E-state index is -0.298. The maximum Gasteiger partial charge on any atom is 0.259 e. The number of amides is 1. The Balaban J connectivity index is 1.86. The quantitative estimate of drug-likeness (QED) is 0.925. The Hall–Kier alpha value is -2.40. The van der Waals surface area contributed by atoms with Crippen LogP contribution in [0.3, 0.4) is 0 Å². The summed E-state index contributed by atoms with van der Waals surface area (Å²) in [5.74, 6) is 1.37. The zero-order chi connectivity index (χ0) is 16.2. The third kappa shape index (κ3) is 3.35. The first kappa shape index (κ1) is 15.5. The number of fused-ring (bicyclic) bond motifs is 1. The summed E-state index contributed by atoms with van der Waals surface area (Å²) in [6, 6.07) is 10.4. The zero-order valence-electron chi connectivity index (χ0n) is 12.6. The van der Waals surface area contributed by atoms with Crippen molar-refractivity contribution in [1.29, 1.82) is 0 Å². The van der Waals surface area contributed by atoms with E-state index in [1.807, 2.05) is 13.0 Å². The van der Waals surface area contributed by atoms with Crippen molar-refractivity contribution >= 4 is 23.2 Å². The molecule has 0 radical (unpaired) electrons. The van der Waals surface area contributed by atoms with Crippen molar-refractivity contribution in [2.45, 2.75) is 6.92 Å². The van der Waals surface area contributed by atoms with Crippen LogP contribution in [0.5, 0.6) is 17.2 Å². The first-order valence-electron chi connectivity index (χ1n) is 7.31. The minimum Gasteiger partial charge on any atom is -0.493 e. The second-order valence-corrected chi connectivity index (χ2v) is 5.27. The van der Waals surface area contributed by atoms with E-state index < -0.39 is 0 Å². The average Bonchev–Trinajstić information content (AvgIpc) is 2.56. The van der Waals surface area contributed by atoms with Crippen LogP contribution in [0.2, 0.25) is 5.02 Å². The molecule has 2 aromatic carbocycles. The Morgan fingerprint density at radius 1 is 1.22 bits per heavy atom. The summed E-state index contributed by atoms with van der Waals surface area (Å²) in [6.45, 7) is 3.30. The van der Waals surface area contributed by atoms with Gasteiger partial charge in [-0.2, -0.15) is 0 Å². The summed E-state index contributed by atoms with van der Waals surface area (Å²) in [6.07, 6.45) is 0. The highest BCUT2D eigenvalue weighted by Crippen LogP contribution is 2.38. The topological polar surface area (TPSA) is 56.8 Å². The smallest absolute Gasteiger partial charge is 0.259 e. The van der Waals surface area contributed by atoms with Gasteiger partial charge in [0.25, 0.3) is 5.91 Å². The highest BCUT2D eigenvalue weighted by atomic mass is 35.5. The monoisotopic (exact) mass is 333 g/mol. The Kier molecular flexibility index (Phi) is 4.57. The maximum absolute atomic E-state index is 12.5. The van der Waals surface area contributed by atoms with Gasteiger partial charge in [0, 0.05) is 12.1 Å². The molecular formula is C17H16ClNO4. The summed E-state index contributed by atoms with van der Waals surface area (Å²) in [5.41, 5.74) is 0.910. The summed E-state index contributed by atoms with van der Waals surface area (Å²) in [5, 5.41) is 3.17. The number of hydrogen-bond acceptors (Lipinski definition) is 4. The molecule has 1 amide bonds. The van der Waals surface area contributed by atoms with Crippen molar-refractivity contribution in [1.82, 2.24) is 0 Å². The van der Waals surface area contributed by atoms with Crippen molar-refractivity contribution in [3.63, 3.8) is 0 Å².